The smallest absolute Gasteiger partial charge is 0.255 e. The lowest BCUT2D eigenvalue weighted by atomic mass is 10.1. The van der Waals surface area contributed by atoms with Gasteiger partial charge in [-0.1, -0.05) is 24.3 Å². The molecule has 4 rings (SSSR count). The number of rotatable bonds is 6. The highest BCUT2D eigenvalue weighted by Gasteiger charge is 2.14. The van der Waals surface area contributed by atoms with Crippen LogP contribution < -0.4 is 5.32 Å². The Labute approximate surface area is 184 Å². The molecule has 1 aromatic heterocycles. The van der Waals surface area contributed by atoms with Crippen LogP contribution in [0.15, 0.2) is 54.6 Å². The van der Waals surface area contributed by atoms with Gasteiger partial charge in [0.1, 0.15) is 0 Å². The van der Waals surface area contributed by atoms with Crippen molar-refractivity contribution in [2.75, 3.05) is 38.5 Å². The standard InChI is InChI=1S/C25H31N5O/c1-19-15-20(2)30(27-19)18-22-5-4-6-23(16-22)25(31)26-24-9-7-21(8-10-24)17-29-13-11-28(3)12-14-29/h4-10,15-16H,11-14,17-18H2,1-3H3,(H,26,31). The van der Waals surface area contributed by atoms with Crippen LogP contribution in [0, 0.1) is 13.8 Å². The van der Waals surface area contributed by atoms with Crippen molar-refractivity contribution in [1.82, 2.24) is 19.6 Å². The largest absolute Gasteiger partial charge is 0.322 e. The molecule has 2 aromatic carbocycles. The van der Waals surface area contributed by atoms with E-state index >= 15 is 0 Å². The molecule has 1 fully saturated rings. The molecule has 1 saturated heterocycles. The first kappa shape index (κ1) is 21.3. The molecule has 6 nitrogen and oxygen atoms in total. The van der Waals surface area contributed by atoms with Crippen LogP contribution in [0.4, 0.5) is 5.69 Å². The van der Waals surface area contributed by atoms with Gasteiger partial charge in [-0.3, -0.25) is 14.4 Å². The topological polar surface area (TPSA) is 53.4 Å². The average molecular weight is 418 g/mol. The predicted molar refractivity (Wildman–Crippen MR) is 124 cm³/mol. The molecule has 3 aromatic rings. The number of likely N-dealkylation sites (N-methyl/N-ethyl adjacent to an activating group) is 1. The molecular formula is C25H31N5O. The van der Waals surface area contributed by atoms with Gasteiger partial charge in [-0.05, 0) is 62.4 Å². The molecule has 0 spiro atoms. The number of anilines is 1. The summed E-state index contributed by atoms with van der Waals surface area (Å²) in [6, 6.07) is 18.0. The number of amides is 1. The van der Waals surface area contributed by atoms with Gasteiger partial charge < -0.3 is 10.2 Å². The highest BCUT2D eigenvalue weighted by molar-refractivity contribution is 6.04. The number of carbonyl (C=O) groups is 1. The molecule has 0 unspecified atom stereocenters. The minimum Gasteiger partial charge on any atom is -0.322 e. The van der Waals surface area contributed by atoms with Crippen molar-refractivity contribution in [3.63, 3.8) is 0 Å². The van der Waals surface area contributed by atoms with Gasteiger partial charge in [0, 0.05) is 49.7 Å². The maximum Gasteiger partial charge on any atom is 0.255 e. The zero-order valence-electron chi connectivity index (χ0n) is 18.6. The summed E-state index contributed by atoms with van der Waals surface area (Å²) in [6.45, 7) is 10.1. The van der Waals surface area contributed by atoms with Crippen molar-refractivity contribution in [2.45, 2.75) is 26.9 Å². The Kier molecular flexibility index (Phi) is 6.49. The maximum absolute atomic E-state index is 12.8. The maximum atomic E-state index is 12.8. The van der Waals surface area contributed by atoms with Gasteiger partial charge in [0.25, 0.3) is 5.91 Å². The third kappa shape index (κ3) is 5.60. The normalized spacial score (nSPS) is 15.2. The molecule has 31 heavy (non-hydrogen) atoms. The summed E-state index contributed by atoms with van der Waals surface area (Å²) in [5.41, 5.74) is 5.92. The summed E-state index contributed by atoms with van der Waals surface area (Å²) in [5, 5.41) is 7.53. The van der Waals surface area contributed by atoms with Crippen LogP contribution >= 0.6 is 0 Å². The van der Waals surface area contributed by atoms with E-state index in [1.165, 1.54) is 5.56 Å². The van der Waals surface area contributed by atoms with E-state index in [0.29, 0.717) is 12.1 Å². The van der Waals surface area contributed by atoms with Gasteiger partial charge in [-0.2, -0.15) is 5.10 Å². The zero-order valence-corrected chi connectivity index (χ0v) is 18.6. The van der Waals surface area contributed by atoms with Crippen LogP contribution in [0.5, 0.6) is 0 Å². The number of nitrogens with one attached hydrogen (secondary N) is 1. The molecule has 6 heteroatoms. The molecule has 0 bridgehead atoms. The van der Waals surface area contributed by atoms with Gasteiger partial charge in [0.15, 0.2) is 0 Å². The van der Waals surface area contributed by atoms with E-state index in [1.54, 1.807) is 0 Å². The van der Waals surface area contributed by atoms with Crippen molar-refractivity contribution in [3.05, 3.63) is 82.7 Å². The van der Waals surface area contributed by atoms with Gasteiger partial charge in [0.2, 0.25) is 0 Å². The molecular weight excluding hydrogens is 386 g/mol. The number of aryl methyl sites for hydroxylation is 2. The molecule has 1 aliphatic rings. The molecule has 1 N–H and O–H groups in total. The Balaban J connectivity index is 1.36. The lowest BCUT2D eigenvalue weighted by Crippen LogP contribution is -2.43. The van der Waals surface area contributed by atoms with Crippen molar-refractivity contribution in [2.24, 2.45) is 0 Å². The molecule has 1 aliphatic heterocycles. The van der Waals surface area contributed by atoms with E-state index < -0.39 is 0 Å². The van der Waals surface area contributed by atoms with Crippen LogP contribution in [0.1, 0.15) is 32.9 Å². The quantitative estimate of drug-likeness (QED) is 0.667. The fourth-order valence-electron chi connectivity index (χ4n) is 3.98. The number of hydrogen-bond donors (Lipinski definition) is 1. The van der Waals surface area contributed by atoms with Crippen molar-refractivity contribution in [1.29, 1.82) is 0 Å². The van der Waals surface area contributed by atoms with Crippen LogP contribution in [-0.4, -0.2) is 58.7 Å². The SMILES string of the molecule is Cc1cc(C)n(Cc2cccc(C(=O)Nc3ccc(CN4CCN(C)CC4)cc3)c2)n1. The minimum absolute atomic E-state index is 0.0953. The van der Waals surface area contributed by atoms with Gasteiger partial charge >= 0.3 is 0 Å². The summed E-state index contributed by atoms with van der Waals surface area (Å²) in [4.78, 5) is 17.6. The monoisotopic (exact) mass is 417 g/mol. The molecule has 2 heterocycles. The van der Waals surface area contributed by atoms with Crippen LogP contribution in [0.25, 0.3) is 0 Å². The Morgan fingerprint density at radius 2 is 1.68 bits per heavy atom. The fraction of sp³-hybridized carbons (Fsp3) is 0.360. The van der Waals surface area contributed by atoms with Crippen LogP contribution in [-0.2, 0) is 13.1 Å². The van der Waals surface area contributed by atoms with E-state index in [4.69, 9.17) is 0 Å². The molecule has 0 aliphatic carbocycles. The van der Waals surface area contributed by atoms with E-state index in [9.17, 15) is 4.79 Å². The summed E-state index contributed by atoms with van der Waals surface area (Å²) in [5.74, 6) is -0.0953. The number of benzene rings is 2. The fourth-order valence-corrected chi connectivity index (χ4v) is 3.98. The highest BCUT2D eigenvalue weighted by atomic mass is 16.1. The van der Waals surface area contributed by atoms with Crippen molar-refractivity contribution < 1.29 is 4.79 Å². The van der Waals surface area contributed by atoms with E-state index in [0.717, 1.165) is 55.4 Å². The van der Waals surface area contributed by atoms with Crippen LogP contribution in [0.2, 0.25) is 0 Å². The first-order valence-corrected chi connectivity index (χ1v) is 10.9. The third-order valence-electron chi connectivity index (χ3n) is 5.84. The second-order valence-corrected chi connectivity index (χ2v) is 8.52. The van der Waals surface area contributed by atoms with Gasteiger partial charge in [-0.25, -0.2) is 0 Å². The number of aromatic nitrogens is 2. The van der Waals surface area contributed by atoms with Gasteiger partial charge in [-0.15, -0.1) is 0 Å². The number of piperazine rings is 1. The number of nitrogens with zero attached hydrogens (tertiary/aromatic N) is 4. The van der Waals surface area contributed by atoms with E-state index in [1.807, 2.05) is 54.9 Å². The molecule has 0 saturated carbocycles. The first-order valence-electron chi connectivity index (χ1n) is 10.9. The molecule has 1 amide bonds. The second kappa shape index (κ2) is 9.45. The Morgan fingerprint density at radius 1 is 0.935 bits per heavy atom. The zero-order chi connectivity index (χ0) is 21.8. The van der Waals surface area contributed by atoms with Crippen LogP contribution in [0.3, 0.4) is 0 Å². The highest BCUT2D eigenvalue weighted by Crippen LogP contribution is 2.15. The summed E-state index contributed by atoms with van der Waals surface area (Å²) in [6.07, 6.45) is 0. The third-order valence-corrected chi connectivity index (χ3v) is 5.84. The van der Waals surface area contributed by atoms with Crippen molar-refractivity contribution >= 4 is 11.6 Å². The molecule has 0 radical (unpaired) electrons. The molecule has 0 atom stereocenters. The van der Waals surface area contributed by atoms with Gasteiger partial charge in [0.05, 0.1) is 12.2 Å². The lowest BCUT2D eigenvalue weighted by molar-refractivity contribution is 0.102. The summed E-state index contributed by atoms with van der Waals surface area (Å²) < 4.78 is 1.96. The number of carbonyl (C=O) groups excluding carboxylic acids is 1. The second-order valence-electron chi connectivity index (χ2n) is 8.52. The average Bonchev–Trinajstić information content (AvgIpc) is 3.08. The Bertz CT molecular complexity index is 1030. The summed E-state index contributed by atoms with van der Waals surface area (Å²) >= 11 is 0. The molecule has 162 valence electrons. The van der Waals surface area contributed by atoms with E-state index in [-0.39, 0.29) is 5.91 Å². The van der Waals surface area contributed by atoms with E-state index in [2.05, 4.69) is 45.5 Å². The Hall–Kier alpha value is -2.96. The minimum atomic E-state index is -0.0953. The number of hydrogen-bond acceptors (Lipinski definition) is 4. The predicted octanol–water partition coefficient (Wildman–Crippen LogP) is 3.55. The summed E-state index contributed by atoms with van der Waals surface area (Å²) in [7, 11) is 2.17. The van der Waals surface area contributed by atoms with Crippen molar-refractivity contribution in [3.8, 4) is 0 Å². The Morgan fingerprint density at radius 3 is 2.35 bits per heavy atom. The first-order chi connectivity index (χ1) is 15.0. The lowest BCUT2D eigenvalue weighted by Gasteiger charge is -2.32.